The molecule has 0 unspecified atom stereocenters. The summed E-state index contributed by atoms with van der Waals surface area (Å²) in [6.07, 6.45) is 4.98. The predicted molar refractivity (Wildman–Crippen MR) is 136 cm³/mol. The van der Waals surface area contributed by atoms with Crippen LogP contribution in [0.2, 0.25) is 0 Å². The third kappa shape index (κ3) is 3.33. The Balaban J connectivity index is 1.55. The first kappa shape index (κ1) is 21.8. The molecular weight excluding hydrogens is 521 g/mol. The minimum atomic E-state index is -0.495. The van der Waals surface area contributed by atoms with Crippen molar-refractivity contribution >= 4 is 86.1 Å². The molecule has 1 aliphatic carbocycles. The van der Waals surface area contributed by atoms with Crippen LogP contribution < -0.4 is 4.74 Å². The molecule has 4 aromatic rings. The van der Waals surface area contributed by atoms with Crippen LogP contribution in [0.5, 0.6) is 5.75 Å². The van der Waals surface area contributed by atoms with Crippen molar-refractivity contribution in [3.05, 3.63) is 5.56 Å². The van der Waals surface area contributed by atoms with Gasteiger partial charge in [0.1, 0.15) is 44.2 Å². The molecule has 1 saturated carbocycles. The summed E-state index contributed by atoms with van der Waals surface area (Å²) in [4.78, 5) is 21.0. The van der Waals surface area contributed by atoms with Gasteiger partial charge in [0.25, 0.3) is 0 Å². The van der Waals surface area contributed by atoms with Crippen molar-refractivity contribution in [3.63, 3.8) is 0 Å². The van der Waals surface area contributed by atoms with Crippen LogP contribution in [0.1, 0.15) is 37.7 Å². The zero-order valence-electron chi connectivity index (χ0n) is 17.7. The number of aromatic nitrogens is 2. The number of nitriles is 4. The average Bonchev–Trinajstić information content (AvgIpc) is 3.61. The minimum Gasteiger partial charge on any atom is -0.479 e. The van der Waals surface area contributed by atoms with Crippen LogP contribution >= 0.6 is 45.3 Å². The molecule has 168 valence electrons. The first-order valence-electron chi connectivity index (χ1n) is 10.4. The lowest BCUT2D eigenvalue weighted by Gasteiger charge is -2.40. The second-order valence-corrected chi connectivity index (χ2v) is 11.8. The molecule has 0 radical (unpaired) electrons. The maximum atomic E-state index is 9.07. The normalized spacial score (nSPS) is 15.2. The number of nitrogens with zero attached hydrogens (tertiary/aromatic N) is 8. The Labute approximate surface area is 214 Å². The van der Waals surface area contributed by atoms with Crippen molar-refractivity contribution in [2.75, 3.05) is 0 Å². The number of ether oxygens (including phenoxy) is 1. The van der Waals surface area contributed by atoms with Gasteiger partial charge in [0.2, 0.25) is 21.7 Å². The van der Waals surface area contributed by atoms with Crippen molar-refractivity contribution in [2.45, 2.75) is 37.7 Å². The highest BCUT2D eigenvalue weighted by Crippen LogP contribution is 2.62. The number of rotatable bonds is 2. The first-order valence-corrected chi connectivity index (χ1v) is 13.7. The van der Waals surface area contributed by atoms with Crippen LogP contribution in [0.4, 0.5) is 10.3 Å². The van der Waals surface area contributed by atoms with Gasteiger partial charge in [-0.3, -0.25) is 0 Å². The van der Waals surface area contributed by atoms with Gasteiger partial charge < -0.3 is 4.74 Å². The molecule has 0 atom stereocenters. The van der Waals surface area contributed by atoms with Gasteiger partial charge in [0.05, 0.1) is 14.5 Å². The second kappa shape index (κ2) is 8.20. The van der Waals surface area contributed by atoms with Crippen LogP contribution in [0.3, 0.4) is 0 Å². The fraction of sp³-hybridized carbons (Fsp3) is 0.273. The number of thiazole rings is 2. The molecule has 35 heavy (non-hydrogen) atoms. The van der Waals surface area contributed by atoms with E-state index in [0.29, 0.717) is 10.3 Å². The molecule has 4 aromatic heterocycles. The third-order valence-corrected chi connectivity index (χ3v) is 10.4. The largest absolute Gasteiger partial charge is 0.479 e. The predicted octanol–water partition coefficient (Wildman–Crippen LogP) is 6.49. The molecule has 1 spiro atoms. The summed E-state index contributed by atoms with van der Waals surface area (Å²) in [6.45, 7) is 0. The average molecular weight is 531 g/mol. The van der Waals surface area contributed by atoms with Crippen LogP contribution in [-0.4, -0.2) is 21.4 Å². The maximum Gasteiger partial charge on any atom is 0.220 e. The van der Waals surface area contributed by atoms with Gasteiger partial charge in [-0.2, -0.15) is 31.0 Å². The van der Waals surface area contributed by atoms with E-state index in [1.54, 1.807) is 35.6 Å². The molecule has 13 heteroatoms. The summed E-state index contributed by atoms with van der Waals surface area (Å²) in [7, 11) is 0. The van der Waals surface area contributed by atoms with E-state index in [2.05, 4.69) is 20.0 Å². The van der Waals surface area contributed by atoms with E-state index in [1.165, 1.54) is 34.0 Å². The molecule has 5 heterocycles. The van der Waals surface area contributed by atoms with Crippen LogP contribution in [-0.2, 0) is 5.60 Å². The highest BCUT2D eigenvalue weighted by Gasteiger charge is 2.47. The van der Waals surface area contributed by atoms with Gasteiger partial charge in [-0.1, -0.05) is 29.1 Å². The Morgan fingerprint density at radius 1 is 0.743 bits per heavy atom. The van der Waals surface area contributed by atoms with E-state index < -0.39 is 5.60 Å². The van der Waals surface area contributed by atoms with E-state index >= 15 is 0 Å². The Hall–Kier alpha value is -3.72. The van der Waals surface area contributed by atoms with Crippen LogP contribution in [0.25, 0.3) is 28.8 Å². The summed E-state index contributed by atoms with van der Waals surface area (Å²) in [5.41, 5.74) is 0.185. The van der Waals surface area contributed by atoms with E-state index in [4.69, 9.17) is 25.8 Å². The molecule has 1 fully saturated rings. The highest BCUT2D eigenvalue weighted by atomic mass is 32.1. The van der Waals surface area contributed by atoms with Crippen molar-refractivity contribution in [2.24, 2.45) is 9.98 Å². The smallest absolute Gasteiger partial charge is 0.220 e. The zero-order chi connectivity index (χ0) is 24.2. The fourth-order valence-electron chi connectivity index (χ4n) is 4.50. The van der Waals surface area contributed by atoms with E-state index in [-0.39, 0.29) is 11.4 Å². The Morgan fingerprint density at radius 2 is 1.29 bits per heavy atom. The molecule has 9 nitrogen and oxygen atoms in total. The van der Waals surface area contributed by atoms with Gasteiger partial charge in [-0.05, 0) is 25.7 Å². The standard InChI is InChI=1S/C22H10N8OS4/c23-6-10(7-24)27-20-29-18-15(34-20)12-14(32-18)16-13(31-22(12)4-2-1-3-5-22)17-19(33-16)30-21(35-17)28-11(8-25)9-26/h1-5H2. The summed E-state index contributed by atoms with van der Waals surface area (Å²) < 4.78 is 8.72. The quantitative estimate of drug-likeness (QED) is 0.268. The minimum absolute atomic E-state index is 0.217. The Bertz CT molecular complexity index is 1730. The zero-order valence-corrected chi connectivity index (χ0v) is 20.9. The number of fused-ring (bicyclic) bond motifs is 8. The topological polar surface area (TPSA) is 155 Å². The molecule has 0 amide bonds. The summed E-state index contributed by atoms with van der Waals surface area (Å²) in [5.74, 6) is 0.789. The van der Waals surface area contributed by atoms with Crippen LogP contribution in [0, 0.1) is 45.3 Å². The lowest BCUT2D eigenvalue weighted by Crippen LogP contribution is -2.37. The van der Waals surface area contributed by atoms with E-state index in [9.17, 15) is 0 Å². The lowest BCUT2D eigenvalue weighted by atomic mass is 9.78. The van der Waals surface area contributed by atoms with Gasteiger partial charge >= 0.3 is 0 Å². The number of thiophene rings is 2. The Morgan fingerprint density at radius 3 is 1.89 bits per heavy atom. The molecule has 0 bridgehead atoms. The molecule has 6 rings (SSSR count). The van der Waals surface area contributed by atoms with Gasteiger partial charge in [-0.25, -0.2) is 9.97 Å². The van der Waals surface area contributed by atoms with Gasteiger partial charge in [-0.15, -0.1) is 22.7 Å². The van der Waals surface area contributed by atoms with E-state index in [1.807, 2.05) is 0 Å². The van der Waals surface area contributed by atoms with E-state index in [0.717, 1.165) is 72.2 Å². The summed E-state index contributed by atoms with van der Waals surface area (Å²) in [5, 5.41) is 37.0. The number of hydrogen-bond donors (Lipinski definition) is 0. The van der Waals surface area contributed by atoms with Crippen molar-refractivity contribution in [3.8, 4) is 39.8 Å². The maximum absolute atomic E-state index is 9.07. The molecule has 0 saturated heterocycles. The highest BCUT2D eigenvalue weighted by molar-refractivity contribution is 7.35. The summed E-state index contributed by atoms with van der Waals surface area (Å²) >= 11 is 5.78. The number of hydrogen-bond acceptors (Lipinski definition) is 13. The third-order valence-electron chi connectivity index (χ3n) is 5.89. The molecular formula is C22H10N8OS4. The van der Waals surface area contributed by atoms with Gasteiger partial charge in [0, 0.05) is 5.56 Å². The molecule has 2 aliphatic rings. The first-order chi connectivity index (χ1) is 17.1. The van der Waals surface area contributed by atoms with Gasteiger partial charge in [0.15, 0.2) is 5.75 Å². The monoisotopic (exact) mass is 530 g/mol. The Kier molecular flexibility index (Phi) is 5.10. The van der Waals surface area contributed by atoms with Crippen LogP contribution in [0.15, 0.2) is 9.98 Å². The fourth-order valence-corrected chi connectivity index (χ4v) is 9.34. The second-order valence-electron chi connectivity index (χ2n) is 7.85. The summed E-state index contributed by atoms with van der Waals surface area (Å²) in [6, 6.07) is 7.13. The molecule has 0 aromatic carbocycles. The SMILES string of the molecule is N#CC(C#N)=Nc1nc2sc3c(c2s1)OC1(CCCCC1)c1c-3sc2nc(N=C(C#N)C#N)sc12. The van der Waals surface area contributed by atoms with Crippen molar-refractivity contribution in [1.29, 1.82) is 21.0 Å². The van der Waals surface area contributed by atoms with Crippen molar-refractivity contribution in [1.82, 2.24) is 9.97 Å². The lowest BCUT2D eigenvalue weighted by molar-refractivity contribution is 0.0282. The molecule has 1 aliphatic heterocycles. The molecule has 0 N–H and O–H groups in total. The van der Waals surface area contributed by atoms with Crippen molar-refractivity contribution < 1.29 is 4.74 Å². The number of aliphatic imine (C=N–C) groups is 2.